The summed E-state index contributed by atoms with van der Waals surface area (Å²) in [7, 11) is 0. The van der Waals surface area contributed by atoms with E-state index in [0.717, 1.165) is 34.6 Å². The number of fused-ring (bicyclic) bond motifs is 1. The van der Waals surface area contributed by atoms with Crippen molar-refractivity contribution in [1.82, 2.24) is 19.7 Å². The fourth-order valence-corrected chi connectivity index (χ4v) is 6.59. The summed E-state index contributed by atoms with van der Waals surface area (Å²) in [6, 6.07) is 17.7. The number of carbonyl (C=O) groups excluding carboxylic acids is 1. The first-order chi connectivity index (χ1) is 22.9. The lowest BCUT2D eigenvalue weighted by molar-refractivity contribution is -0.114. The summed E-state index contributed by atoms with van der Waals surface area (Å²) in [4.78, 5) is 23.6. The number of aryl methyl sites for hydroxylation is 1. The highest BCUT2D eigenvalue weighted by Gasteiger charge is 2.19. The number of halogens is 1. The molecule has 0 saturated heterocycles. The molecule has 1 amide bonds. The number of para-hydroxylation sites is 1. The van der Waals surface area contributed by atoms with Crippen LogP contribution in [0.1, 0.15) is 83.7 Å². The summed E-state index contributed by atoms with van der Waals surface area (Å²) in [6.07, 6.45) is 16.4. The van der Waals surface area contributed by atoms with Crippen LogP contribution in [0.15, 0.2) is 77.2 Å². The number of amides is 1. The number of nitrogens with zero attached hydrogens (tertiary/aromatic N) is 7. The Balaban J connectivity index is 1.35. The van der Waals surface area contributed by atoms with Crippen LogP contribution >= 0.6 is 22.9 Å². The standard InChI is InChI=1S/C36H43ClN8OS/c1-4-5-6-7-8-9-10-11-12-15-23-44(29-17-16-22-38-25-29)28-20-21-30(32(24-28)39-27(3)46)41-42-35-34(37)26(2)43-45(35)36-40-31-18-13-14-19-33(31)47-36/h13-14,16-22,24-25H,4-12,15,23H2,1-3H3,(H,39,46). The zero-order valence-electron chi connectivity index (χ0n) is 27.5. The number of hydrogen-bond acceptors (Lipinski definition) is 8. The molecule has 0 radical (unpaired) electrons. The molecule has 0 fully saturated rings. The molecule has 9 nitrogen and oxygen atoms in total. The van der Waals surface area contributed by atoms with Crippen LogP contribution in [0.25, 0.3) is 15.3 Å². The molecule has 0 bridgehead atoms. The van der Waals surface area contributed by atoms with Crippen LogP contribution in [-0.4, -0.2) is 32.2 Å². The third-order valence-corrected chi connectivity index (χ3v) is 9.43. The van der Waals surface area contributed by atoms with E-state index < -0.39 is 0 Å². The highest BCUT2D eigenvalue weighted by atomic mass is 35.5. The Kier molecular flexibility index (Phi) is 12.5. The van der Waals surface area contributed by atoms with Gasteiger partial charge in [-0.2, -0.15) is 9.78 Å². The molecule has 3 heterocycles. The molecule has 5 rings (SSSR count). The number of aromatic nitrogens is 4. The summed E-state index contributed by atoms with van der Waals surface area (Å²) >= 11 is 8.16. The Bertz CT molecular complexity index is 1750. The third kappa shape index (κ3) is 9.23. The lowest BCUT2D eigenvalue weighted by Gasteiger charge is -2.25. The minimum Gasteiger partial charge on any atom is -0.340 e. The van der Waals surface area contributed by atoms with Crippen molar-refractivity contribution >= 4 is 67.6 Å². The molecule has 0 aliphatic heterocycles. The van der Waals surface area contributed by atoms with Crippen molar-refractivity contribution in [2.24, 2.45) is 10.2 Å². The minimum atomic E-state index is -0.199. The maximum Gasteiger partial charge on any atom is 0.221 e. The lowest BCUT2D eigenvalue weighted by atomic mass is 10.1. The van der Waals surface area contributed by atoms with E-state index in [1.165, 1.54) is 76.0 Å². The number of pyridine rings is 1. The van der Waals surface area contributed by atoms with Gasteiger partial charge in [0.15, 0.2) is 5.82 Å². The van der Waals surface area contributed by atoms with Gasteiger partial charge in [0.1, 0.15) is 10.7 Å². The van der Waals surface area contributed by atoms with Crippen LogP contribution in [0.5, 0.6) is 0 Å². The molecular formula is C36H43ClN8OS. The molecule has 0 atom stereocenters. The molecule has 0 aliphatic carbocycles. The van der Waals surface area contributed by atoms with Crippen molar-refractivity contribution < 1.29 is 4.79 Å². The maximum absolute atomic E-state index is 12.3. The molecule has 1 N–H and O–H groups in total. The van der Waals surface area contributed by atoms with E-state index in [-0.39, 0.29) is 5.91 Å². The Hall–Kier alpha value is -4.15. The van der Waals surface area contributed by atoms with Crippen LogP contribution in [0.3, 0.4) is 0 Å². The molecule has 5 aromatic rings. The van der Waals surface area contributed by atoms with Gasteiger partial charge >= 0.3 is 0 Å². The molecule has 0 aliphatic rings. The Morgan fingerprint density at radius 2 is 1.68 bits per heavy atom. The summed E-state index contributed by atoms with van der Waals surface area (Å²) in [6.45, 7) is 6.40. The van der Waals surface area contributed by atoms with E-state index in [1.807, 2.05) is 61.7 Å². The van der Waals surface area contributed by atoms with E-state index in [9.17, 15) is 4.79 Å². The van der Waals surface area contributed by atoms with Gasteiger partial charge in [-0.1, -0.05) is 99.8 Å². The smallest absolute Gasteiger partial charge is 0.221 e. The van der Waals surface area contributed by atoms with Gasteiger partial charge in [0, 0.05) is 25.4 Å². The van der Waals surface area contributed by atoms with E-state index in [2.05, 4.69) is 43.5 Å². The van der Waals surface area contributed by atoms with Crippen molar-refractivity contribution in [2.45, 2.75) is 85.0 Å². The number of anilines is 3. The van der Waals surface area contributed by atoms with Crippen molar-refractivity contribution in [3.05, 3.63) is 77.7 Å². The third-order valence-electron chi connectivity index (χ3n) is 7.98. The van der Waals surface area contributed by atoms with Gasteiger partial charge in [0.05, 0.1) is 33.5 Å². The largest absolute Gasteiger partial charge is 0.340 e. The number of carbonyl (C=O) groups is 1. The molecule has 2 aromatic carbocycles. The number of benzene rings is 2. The minimum absolute atomic E-state index is 0.199. The van der Waals surface area contributed by atoms with E-state index in [0.29, 0.717) is 33.0 Å². The molecular weight excluding hydrogens is 628 g/mol. The Morgan fingerprint density at radius 1 is 0.936 bits per heavy atom. The highest BCUT2D eigenvalue weighted by molar-refractivity contribution is 7.20. The maximum atomic E-state index is 12.3. The van der Waals surface area contributed by atoms with Crippen LogP contribution in [0, 0.1) is 6.92 Å². The quantitative estimate of drug-likeness (QED) is 0.0783. The molecule has 0 spiro atoms. The Morgan fingerprint density at radius 3 is 2.38 bits per heavy atom. The number of azo groups is 1. The van der Waals surface area contributed by atoms with Crippen LogP contribution < -0.4 is 10.2 Å². The predicted molar refractivity (Wildman–Crippen MR) is 194 cm³/mol. The van der Waals surface area contributed by atoms with Crippen molar-refractivity contribution in [3.63, 3.8) is 0 Å². The SMILES string of the molecule is CCCCCCCCCCCCN(c1cccnc1)c1ccc(N=Nc2c(Cl)c(C)nn2-c2nc3ccccc3s2)c(NC(C)=O)c1. The number of rotatable bonds is 17. The molecule has 0 saturated carbocycles. The molecule has 11 heteroatoms. The number of hydrogen-bond donors (Lipinski definition) is 1. The summed E-state index contributed by atoms with van der Waals surface area (Å²) in [5.74, 6) is 0.175. The van der Waals surface area contributed by atoms with Crippen LogP contribution in [0.4, 0.5) is 28.6 Å². The topological polar surface area (TPSA) is 101 Å². The number of thiazole rings is 1. The van der Waals surface area contributed by atoms with E-state index >= 15 is 0 Å². The van der Waals surface area contributed by atoms with E-state index in [4.69, 9.17) is 16.6 Å². The highest BCUT2D eigenvalue weighted by Crippen LogP contribution is 2.38. The molecule has 0 unspecified atom stereocenters. The fourth-order valence-electron chi connectivity index (χ4n) is 5.51. The molecule has 246 valence electrons. The van der Waals surface area contributed by atoms with E-state index in [1.54, 1.807) is 10.9 Å². The van der Waals surface area contributed by atoms with Gasteiger partial charge < -0.3 is 10.2 Å². The lowest BCUT2D eigenvalue weighted by Crippen LogP contribution is -2.19. The van der Waals surface area contributed by atoms with Gasteiger partial charge in [-0.15, -0.1) is 10.2 Å². The fraction of sp³-hybridized carbons (Fsp3) is 0.389. The zero-order valence-corrected chi connectivity index (χ0v) is 29.0. The van der Waals surface area contributed by atoms with Gasteiger partial charge in [-0.3, -0.25) is 9.78 Å². The monoisotopic (exact) mass is 670 g/mol. The first-order valence-electron chi connectivity index (χ1n) is 16.6. The first-order valence-corrected chi connectivity index (χ1v) is 17.8. The second-order valence-corrected chi connectivity index (χ2v) is 13.1. The first kappa shape index (κ1) is 34.2. The average Bonchev–Trinajstić information content (AvgIpc) is 3.63. The van der Waals surface area contributed by atoms with Crippen molar-refractivity contribution in [3.8, 4) is 5.13 Å². The summed E-state index contributed by atoms with van der Waals surface area (Å²) in [5, 5.41) is 17.7. The van der Waals surface area contributed by atoms with Gasteiger partial charge in [0.25, 0.3) is 0 Å². The second kappa shape index (κ2) is 17.1. The van der Waals surface area contributed by atoms with Crippen molar-refractivity contribution in [2.75, 3.05) is 16.8 Å². The van der Waals surface area contributed by atoms with Crippen LogP contribution in [0.2, 0.25) is 5.02 Å². The summed E-state index contributed by atoms with van der Waals surface area (Å²) < 4.78 is 2.66. The number of nitrogens with one attached hydrogen (secondary N) is 1. The summed E-state index contributed by atoms with van der Waals surface area (Å²) in [5.41, 5.74) is 4.48. The normalized spacial score (nSPS) is 11.5. The predicted octanol–water partition coefficient (Wildman–Crippen LogP) is 11.3. The average molecular weight is 671 g/mol. The van der Waals surface area contributed by atoms with Gasteiger partial charge in [0.2, 0.25) is 11.0 Å². The van der Waals surface area contributed by atoms with Crippen molar-refractivity contribution in [1.29, 1.82) is 0 Å². The van der Waals surface area contributed by atoms with Gasteiger partial charge in [-0.25, -0.2) is 4.98 Å². The molecule has 47 heavy (non-hydrogen) atoms. The van der Waals surface area contributed by atoms with Gasteiger partial charge in [-0.05, 0) is 55.8 Å². The van der Waals surface area contributed by atoms with Crippen LogP contribution in [-0.2, 0) is 4.79 Å². The second-order valence-electron chi connectivity index (χ2n) is 11.7. The Labute approximate surface area is 286 Å². The number of unbranched alkanes of at least 4 members (excludes halogenated alkanes) is 9. The zero-order chi connectivity index (χ0) is 33.0. The molecule has 3 aromatic heterocycles.